The van der Waals surface area contributed by atoms with Gasteiger partial charge in [0.05, 0.1) is 18.8 Å². The maximum Gasteiger partial charge on any atom is 0.252 e. The van der Waals surface area contributed by atoms with Crippen molar-refractivity contribution in [1.29, 1.82) is 0 Å². The number of ether oxygens (including phenoxy) is 1. The summed E-state index contributed by atoms with van der Waals surface area (Å²) in [5, 5.41) is 0. The van der Waals surface area contributed by atoms with Gasteiger partial charge in [-0.2, -0.15) is 0 Å². The first-order valence-electron chi connectivity index (χ1n) is 7.84. The summed E-state index contributed by atoms with van der Waals surface area (Å²) in [5.41, 5.74) is 5.78. The maximum absolute atomic E-state index is 11.7. The van der Waals surface area contributed by atoms with Crippen LogP contribution in [0.3, 0.4) is 0 Å². The third kappa shape index (κ3) is 5.14. The van der Waals surface area contributed by atoms with Gasteiger partial charge in [0.2, 0.25) is 5.91 Å². The molecule has 0 radical (unpaired) electrons. The summed E-state index contributed by atoms with van der Waals surface area (Å²) in [6.07, 6.45) is 0. The Balaban J connectivity index is 1.84. The van der Waals surface area contributed by atoms with Gasteiger partial charge in [0, 0.05) is 33.1 Å². The quantitative estimate of drug-likeness (QED) is 0.767. The van der Waals surface area contributed by atoms with Crippen LogP contribution in [-0.2, 0) is 9.59 Å². The van der Waals surface area contributed by atoms with E-state index in [2.05, 4.69) is 26.7 Å². The highest BCUT2D eigenvalue weighted by atomic mass is 16.5. The molecular formula is C16H24N4O3. The Morgan fingerprint density at radius 1 is 1.13 bits per heavy atom. The van der Waals surface area contributed by atoms with Crippen LogP contribution in [0.5, 0.6) is 5.75 Å². The second-order valence-corrected chi connectivity index (χ2v) is 5.39. The van der Waals surface area contributed by atoms with Crippen LogP contribution in [0.2, 0.25) is 0 Å². The van der Waals surface area contributed by atoms with E-state index in [1.165, 1.54) is 6.92 Å². The van der Waals surface area contributed by atoms with Gasteiger partial charge >= 0.3 is 0 Å². The van der Waals surface area contributed by atoms with Crippen molar-refractivity contribution in [1.82, 2.24) is 15.8 Å². The second kappa shape index (κ2) is 8.38. The molecule has 0 unspecified atom stereocenters. The van der Waals surface area contributed by atoms with Crippen LogP contribution in [-0.4, -0.2) is 56.0 Å². The van der Waals surface area contributed by atoms with Crippen molar-refractivity contribution in [2.75, 3.05) is 44.2 Å². The van der Waals surface area contributed by atoms with Gasteiger partial charge in [-0.3, -0.25) is 25.3 Å². The number of hydrogen-bond donors (Lipinski definition) is 2. The van der Waals surface area contributed by atoms with Crippen LogP contribution >= 0.6 is 0 Å². The largest absolute Gasteiger partial charge is 0.492 e. The van der Waals surface area contributed by atoms with Gasteiger partial charge in [-0.05, 0) is 19.1 Å². The molecule has 1 fully saturated rings. The summed E-state index contributed by atoms with van der Waals surface area (Å²) in [6, 6.07) is 8.01. The summed E-state index contributed by atoms with van der Waals surface area (Å²) in [4.78, 5) is 26.8. The first kappa shape index (κ1) is 17.1. The molecule has 126 valence electrons. The number of amides is 2. The average molecular weight is 320 g/mol. The Morgan fingerprint density at radius 2 is 1.83 bits per heavy atom. The molecule has 0 saturated carbocycles. The van der Waals surface area contributed by atoms with Gasteiger partial charge in [-0.25, -0.2) is 0 Å². The molecule has 1 aromatic rings. The van der Waals surface area contributed by atoms with E-state index in [0.717, 1.165) is 37.6 Å². The number of anilines is 1. The molecule has 1 aromatic carbocycles. The van der Waals surface area contributed by atoms with E-state index in [1.807, 2.05) is 25.1 Å². The molecule has 2 amide bonds. The number of hydrazine groups is 1. The second-order valence-electron chi connectivity index (χ2n) is 5.39. The van der Waals surface area contributed by atoms with E-state index in [0.29, 0.717) is 6.61 Å². The Bertz CT molecular complexity index is 542. The summed E-state index contributed by atoms with van der Waals surface area (Å²) < 4.78 is 5.68. The zero-order valence-electron chi connectivity index (χ0n) is 13.7. The number of benzene rings is 1. The number of nitrogens with zero attached hydrogens (tertiary/aromatic N) is 2. The maximum atomic E-state index is 11.7. The van der Waals surface area contributed by atoms with Crippen molar-refractivity contribution in [3.63, 3.8) is 0 Å². The molecule has 1 heterocycles. The fraction of sp³-hybridized carbons (Fsp3) is 0.500. The summed E-state index contributed by atoms with van der Waals surface area (Å²) in [7, 11) is 0. The lowest BCUT2D eigenvalue weighted by Gasteiger charge is -2.36. The van der Waals surface area contributed by atoms with E-state index in [4.69, 9.17) is 4.74 Å². The number of piperazine rings is 1. The van der Waals surface area contributed by atoms with E-state index < -0.39 is 0 Å². The molecule has 0 atom stereocenters. The van der Waals surface area contributed by atoms with Crippen molar-refractivity contribution in [2.45, 2.75) is 13.8 Å². The number of carbonyl (C=O) groups excluding carboxylic acids is 2. The predicted molar refractivity (Wildman–Crippen MR) is 88.2 cm³/mol. The fourth-order valence-electron chi connectivity index (χ4n) is 2.54. The lowest BCUT2D eigenvalue weighted by atomic mass is 10.2. The Kier molecular flexibility index (Phi) is 6.22. The minimum absolute atomic E-state index is 0.205. The van der Waals surface area contributed by atoms with Gasteiger partial charge < -0.3 is 9.64 Å². The van der Waals surface area contributed by atoms with E-state index in [-0.39, 0.29) is 18.4 Å². The molecule has 0 bridgehead atoms. The third-order valence-electron chi connectivity index (χ3n) is 3.62. The topological polar surface area (TPSA) is 73.9 Å². The van der Waals surface area contributed by atoms with E-state index in [1.54, 1.807) is 0 Å². The third-order valence-corrected chi connectivity index (χ3v) is 3.62. The molecule has 1 aliphatic heterocycles. The Morgan fingerprint density at radius 3 is 2.48 bits per heavy atom. The lowest BCUT2D eigenvalue weighted by Crippen LogP contribution is -2.51. The smallest absolute Gasteiger partial charge is 0.252 e. The normalized spacial score (nSPS) is 15.1. The van der Waals surface area contributed by atoms with Gasteiger partial charge in [-0.1, -0.05) is 12.1 Å². The molecule has 0 aromatic heterocycles. The summed E-state index contributed by atoms with van der Waals surface area (Å²) in [5.74, 6) is 0.408. The van der Waals surface area contributed by atoms with Crippen molar-refractivity contribution >= 4 is 17.5 Å². The predicted octanol–water partition coefficient (Wildman–Crippen LogP) is 0.375. The minimum atomic E-state index is -0.282. The van der Waals surface area contributed by atoms with Crippen molar-refractivity contribution in [3.8, 4) is 5.75 Å². The van der Waals surface area contributed by atoms with Crippen LogP contribution < -0.4 is 20.5 Å². The molecule has 0 aliphatic carbocycles. The van der Waals surface area contributed by atoms with Crippen molar-refractivity contribution in [3.05, 3.63) is 24.3 Å². The Labute approximate surface area is 136 Å². The first-order valence-corrected chi connectivity index (χ1v) is 7.84. The van der Waals surface area contributed by atoms with Gasteiger partial charge in [0.1, 0.15) is 5.75 Å². The molecule has 2 N–H and O–H groups in total. The van der Waals surface area contributed by atoms with Crippen LogP contribution in [0.15, 0.2) is 24.3 Å². The molecule has 7 heteroatoms. The molecule has 1 saturated heterocycles. The Hall–Kier alpha value is -2.28. The zero-order chi connectivity index (χ0) is 16.7. The van der Waals surface area contributed by atoms with E-state index in [9.17, 15) is 9.59 Å². The summed E-state index contributed by atoms with van der Waals surface area (Å²) >= 11 is 0. The van der Waals surface area contributed by atoms with Crippen LogP contribution in [0, 0.1) is 0 Å². The van der Waals surface area contributed by atoms with Crippen LogP contribution in [0.1, 0.15) is 13.8 Å². The monoisotopic (exact) mass is 320 g/mol. The van der Waals surface area contributed by atoms with Gasteiger partial charge in [0.25, 0.3) is 5.91 Å². The fourth-order valence-corrected chi connectivity index (χ4v) is 2.54. The molecule has 0 spiro atoms. The SMILES string of the molecule is CCOc1ccccc1N1CCN(CC(=O)NNC(C)=O)CC1. The highest BCUT2D eigenvalue weighted by Gasteiger charge is 2.21. The standard InChI is InChI=1S/C16H24N4O3/c1-3-23-15-7-5-4-6-14(15)20-10-8-19(9-11-20)12-16(22)18-17-13(2)21/h4-7H,3,8-12H2,1-2H3,(H,17,21)(H,18,22). The van der Waals surface area contributed by atoms with Crippen molar-refractivity contribution < 1.29 is 14.3 Å². The molecule has 1 aliphatic rings. The highest BCUT2D eigenvalue weighted by Crippen LogP contribution is 2.28. The van der Waals surface area contributed by atoms with Crippen LogP contribution in [0.25, 0.3) is 0 Å². The van der Waals surface area contributed by atoms with E-state index >= 15 is 0 Å². The lowest BCUT2D eigenvalue weighted by molar-refractivity contribution is -0.128. The van der Waals surface area contributed by atoms with Crippen LogP contribution in [0.4, 0.5) is 5.69 Å². The molecule has 2 rings (SSSR count). The number of hydrogen-bond acceptors (Lipinski definition) is 5. The van der Waals surface area contributed by atoms with Gasteiger partial charge in [-0.15, -0.1) is 0 Å². The number of nitrogens with one attached hydrogen (secondary N) is 2. The van der Waals surface area contributed by atoms with Crippen molar-refractivity contribution in [2.24, 2.45) is 0 Å². The number of rotatable bonds is 5. The number of para-hydroxylation sites is 2. The average Bonchev–Trinajstić information content (AvgIpc) is 2.55. The zero-order valence-corrected chi connectivity index (χ0v) is 13.7. The first-order chi connectivity index (χ1) is 11.1. The van der Waals surface area contributed by atoms with Gasteiger partial charge in [0.15, 0.2) is 0 Å². The molecule has 7 nitrogen and oxygen atoms in total. The molecule has 23 heavy (non-hydrogen) atoms. The summed E-state index contributed by atoms with van der Waals surface area (Å²) in [6.45, 7) is 7.48. The molecular weight excluding hydrogens is 296 g/mol. The minimum Gasteiger partial charge on any atom is -0.492 e. The number of carbonyl (C=O) groups is 2. The highest BCUT2D eigenvalue weighted by molar-refractivity contribution is 5.82.